The Balaban J connectivity index is 2.79. The number of hydrogen-bond acceptors (Lipinski definition) is 2. The Kier molecular flexibility index (Phi) is 5.63. The molecule has 18 heavy (non-hydrogen) atoms. The lowest BCUT2D eigenvalue weighted by molar-refractivity contribution is -0.139. The van der Waals surface area contributed by atoms with Gasteiger partial charge in [-0.2, -0.15) is 0 Å². The Labute approximate surface area is 110 Å². The standard InChI is InChI=1S/C14H26N2O2/c1-4-7-8-10-16-11-9-12(17)15-14(5-2,6-3)13(16)18/h4-11H2,1-3H3,(H,15,17). The van der Waals surface area contributed by atoms with Crippen molar-refractivity contribution in [1.82, 2.24) is 10.2 Å². The van der Waals surface area contributed by atoms with Crippen molar-refractivity contribution in [2.75, 3.05) is 13.1 Å². The lowest BCUT2D eigenvalue weighted by Gasteiger charge is -2.33. The number of amides is 2. The van der Waals surface area contributed by atoms with Crippen molar-refractivity contribution in [3.8, 4) is 0 Å². The first kappa shape index (κ1) is 15.0. The summed E-state index contributed by atoms with van der Waals surface area (Å²) in [6, 6.07) is 0. The lowest BCUT2D eigenvalue weighted by atomic mass is 9.91. The average molecular weight is 254 g/mol. The molecule has 1 N–H and O–H groups in total. The molecule has 0 radical (unpaired) electrons. The molecule has 0 bridgehead atoms. The minimum absolute atomic E-state index is 0.00467. The summed E-state index contributed by atoms with van der Waals surface area (Å²) >= 11 is 0. The van der Waals surface area contributed by atoms with Crippen LogP contribution in [-0.4, -0.2) is 35.3 Å². The zero-order valence-corrected chi connectivity index (χ0v) is 11.9. The normalized spacial score (nSPS) is 19.6. The SMILES string of the molecule is CCCCCN1CCC(=O)NC(CC)(CC)C1=O. The van der Waals surface area contributed by atoms with Gasteiger partial charge in [0.05, 0.1) is 0 Å². The molecule has 0 aromatic rings. The molecule has 0 atom stereocenters. The molecule has 1 aliphatic rings. The van der Waals surface area contributed by atoms with Gasteiger partial charge in [-0.25, -0.2) is 0 Å². The maximum absolute atomic E-state index is 12.6. The van der Waals surface area contributed by atoms with E-state index in [4.69, 9.17) is 0 Å². The van der Waals surface area contributed by atoms with Crippen LogP contribution in [-0.2, 0) is 9.59 Å². The van der Waals surface area contributed by atoms with Gasteiger partial charge in [0.15, 0.2) is 0 Å². The van der Waals surface area contributed by atoms with Gasteiger partial charge in [0.25, 0.3) is 0 Å². The van der Waals surface area contributed by atoms with E-state index in [2.05, 4.69) is 12.2 Å². The summed E-state index contributed by atoms with van der Waals surface area (Å²) in [6.45, 7) is 7.44. The summed E-state index contributed by atoms with van der Waals surface area (Å²) in [6.07, 6.45) is 5.07. The van der Waals surface area contributed by atoms with Gasteiger partial charge in [-0.1, -0.05) is 33.6 Å². The fourth-order valence-electron chi connectivity index (χ4n) is 2.52. The maximum atomic E-state index is 12.6. The number of nitrogens with one attached hydrogen (secondary N) is 1. The number of carbonyl (C=O) groups is 2. The Hall–Kier alpha value is -1.06. The fraction of sp³-hybridized carbons (Fsp3) is 0.857. The van der Waals surface area contributed by atoms with Crippen LogP contribution < -0.4 is 5.32 Å². The van der Waals surface area contributed by atoms with Crippen LogP contribution in [0.1, 0.15) is 59.3 Å². The molecule has 0 aliphatic carbocycles. The van der Waals surface area contributed by atoms with E-state index in [1.807, 2.05) is 18.7 Å². The molecule has 4 heteroatoms. The van der Waals surface area contributed by atoms with E-state index >= 15 is 0 Å². The predicted octanol–water partition coefficient (Wildman–Crippen LogP) is 2.08. The Morgan fingerprint density at radius 3 is 2.39 bits per heavy atom. The molecule has 1 saturated heterocycles. The van der Waals surface area contributed by atoms with Gasteiger partial charge in [-0.3, -0.25) is 9.59 Å². The van der Waals surface area contributed by atoms with Crippen molar-refractivity contribution in [3.63, 3.8) is 0 Å². The van der Waals surface area contributed by atoms with Crippen LogP contribution in [0.4, 0.5) is 0 Å². The highest BCUT2D eigenvalue weighted by Gasteiger charge is 2.41. The third-order valence-corrected chi connectivity index (χ3v) is 3.92. The second kappa shape index (κ2) is 6.76. The van der Waals surface area contributed by atoms with Gasteiger partial charge in [-0.15, -0.1) is 0 Å². The van der Waals surface area contributed by atoms with Crippen LogP contribution in [0.25, 0.3) is 0 Å². The molecule has 1 rings (SSSR count). The van der Waals surface area contributed by atoms with Crippen molar-refractivity contribution < 1.29 is 9.59 Å². The van der Waals surface area contributed by atoms with E-state index in [1.165, 1.54) is 0 Å². The first-order valence-electron chi connectivity index (χ1n) is 7.20. The lowest BCUT2D eigenvalue weighted by Crippen LogP contribution is -2.56. The molecule has 104 valence electrons. The number of hydrogen-bond donors (Lipinski definition) is 1. The Morgan fingerprint density at radius 1 is 1.17 bits per heavy atom. The molecule has 1 aliphatic heterocycles. The van der Waals surface area contributed by atoms with E-state index in [9.17, 15) is 9.59 Å². The van der Waals surface area contributed by atoms with Crippen LogP contribution in [0, 0.1) is 0 Å². The predicted molar refractivity (Wildman–Crippen MR) is 72.2 cm³/mol. The molecule has 0 aromatic heterocycles. The topological polar surface area (TPSA) is 49.4 Å². The van der Waals surface area contributed by atoms with E-state index in [1.54, 1.807) is 0 Å². The van der Waals surface area contributed by atoms with E-state index < -0.39 is 5.54 Å². The summed E-state index contributed by atoms with van der Waals surface area (Å²) in [5.41, 5.74) is -0.667. The van der Waals surface area contributed by atoms with Crippen LogP contribution in [0.2, 0.25) is 0 Å². The van der Waals surface area contributed by atoms with Crippen molar-refractivity contribution in [2.45, 2.75) is 64.8 Å². The molecule has 0 unspecified atom stereocenters. The molecule has 0 spiro atoms. The molecule has 1 heterocycles. The smallest absolute Gasteiger partial charge is 0.248 e. The van der Waals surface area contributed by atoms with Crippen LogP contribution in [0.15, 0.2) is 0 Å². The Morgan fingerprint density at radius 2 is 1.83 bits per heavy atom. The first-order chi connectivity index (χ1) is 8.59. The van der Waals surface area contributed by atoms with Gasteiger partial charge in [0, 0.05) is 19.5 Å². The molecular weight excluding hydrogens is 228 g/mol. The van der Waals surface area contributed by atoms with E-state index in [-0.39, 0.29) is 11.8 Å². The van der Waals surface area contributed by atoms with Crippen molar-refractivity contribution in [3.05, 3.63) is 0 Å². The quantitative estimate of drug-likeness (QED) is 0.738. The minimum atomic E-state index is -0.667. The van der Waals surface area contributed by atoms with Crippen molar-refractivity contribution >= 4 is 11.8 Å². The summed E-state index contributed by atoms with van der Waals surface area (Å²) < 4.78 is 0. The Bertz CT molecular complexity index is 298. The molecule has 2 amide bonds. The van der Waals surface area contributed by atoms with Gasteiger partial charge in [-0.05, 0) is 19.3 Å². The molecule has 4 nitrogen and oxygen atoms in total. The number of nitrogens with zero attached hydrogens (tertiary/aromatic N) is 1. The highest BCUT2D eigenvalue weighted by atomic mass is 16.2. The summed E-state index contributed by atoms with van der Waals surface area (Å²) in [7, 11) is 0. The van der Waals surface area contributed by atoms with Crippen molar-refractivity contribution in [2.24, 2.45) is 0 Å². The largest absolute Gasteiger partial charge is 0.342 e. The molecule has 1 fully saturated rings. The summed E-state index contributed by atoms with van der Waals surface area (Å²) in [5, 5.41) is 2.93. The third kappa shape index (κ3) is 3.24. The van der Waals surface area contributed by atoms with Crippen LogP contribution >= 0.6 is 0 Å². The second-order valence-electron chi connectivity index (χ2n) is 5.09. The van der Waals surface area contributed by atoms with E-state index in [0.29, 0.717) is 25.8 Å². The fourth-order valence-corrected chi connectivity index (χ4v) is 2.52. The zero-order valence-electron chi connectivity index (χ0n) is 11.9. The maximum Gasteiger partial charge on any atom is 0.248 e. The molecular formula is C14H26N2O2. The zero-order chi connectivity index (χ0) is 13.6. The molecule has 0 saturated carbocycles. The van der Waals surface area contributed by atoms with Crippen LogP contribution in [0.5, 0.6) is 0 Å². The van der Waals surface area contributed by atoms with E-state index in [0.717, 1.165) is 25.8 Å². The van der Waals surface area contributed by atoms with Gasteiger partial charge >= 0.3 is 0 Å². The summed E-state index contributed by atoms with van der Waals surface area (Å²) in [4.78, 5) is 26.2. The third-order valence-electron chi connectivity index (χ3n) is 3.92. The van der Waals surface area contributed by atoms with Gasteiger partial charge < -0.3 is 10.2 Å². The highest BCUT2D eigenvalue weighted by Crippen LogP contribution is 2.22. The number of rotatable bonds is 6. The average Bonchev–Trinajstić information content (AvgIpc) is 2.50. The monoisotopic (exact) mass is 254 g/mol. The number of carbonyl (C=O) groups excluding carboxylic acids is 2. The first-order valence-corrected chi connectivity index (χ1v) is 7.20. The van der Waals surface area contributed by atoms with Crippen molar-refractivity contribution in [1.29, 1.82) is 0 Å². The number of unbranched alkanes of at least 4 members (excludes halogenated alkanes) is 2. The minimum Gasteiger partial charge on any atom is -0.342 e. The summed E-state index contributed by atoms with van der Waals surface area (Å²) in [5.74, 6) is 0.111. The highest BCUT2D eigenvalue weighted by molar-refractivity contribution is 5.93. The van der Waals surface area contributed by atoms with Crippen LogP contribution in [0.3, 0.4) is 0 Å². The van der Waals surface area contributed by atoms with Gasteiger partial charge in [0.2, 0.25) is 11.8 Å². The van der Waals surface area contributed by atoms with Gasteiger partial charge in [0.1, 0.15) is 5.54 Å². The molecule has 0 aromatic carbocycles. The second-order valence-corrected chi connectivity index (χ2v) is 5.09.